The van der Waals surface area contributed by atoms with Crippen LogP contribution in [0, 0.1) is 5.92 Å². The highest BCUT2D eigenvalue weighted by atomic mass is 16.5. The molecule has 0 saturated carbocycles. The number of ether oxygens (including phenoxy) is 1. The van der Waals surface area contributed by atoms with Crippen LogP contribution in [0.4, 0.5) is 0 Å². The van der Waals surface area contributed by atoms with Gasteiger partial charge in [-0.15, -0.1) is 0 Å². The Morgan fingerprint density at radius 2 is 1.78 bits per heavy atom. The largest absolute Gasteiger partial charge is 0.452 e. The van der Waals surface area contributed by atoms with Crippen molar-refractivity contribution in [1.82, 2.24) is 4.90 Å². The van der Waals surface area contributed by atoms with Crippen LogP contribution >= 0.6 is 0 Å². The van der Waals surface area contributed by atoms with Gasteiger partial charge in [-0.05, 0) is 41.7 Å². The summed E-state index contributed by atoms with van der Waals surface area (Å²) in [5.41, 5.74) is 0.476. The van der Waals surface area contributed by atoms with Crippen LogP contribution in [0.2, 0.25) is 0 Å². The maximum Gasteiger partial charge on any atom is 0.338 e. The topological polar surface area (TPSA) is 46.6 Å². The molecule has 0 unspecified atom stereocenters. The number of nitrogens with zero attached hydrogens (tertiary/aromatic N) is 1. The summed E-state index contributed by atoms with van der Waals surface area (Å²) in [6, 6.07) is 13.2. The highest BCUT2D eigenvalue weighted by Crippen LogP contribution is 2.17. The number of fused-ring (bicyclic) bond motifs is 1. The molecule has 4 heteroatoms. The molecule has 23 heavy (non-hydrogen) atoms. The summed E-state index contributed by atoms with van der Waals surface area (Å²) >= 11 is 0. The van der Waals surface area contributed by atoms with Gasteiger partial charge in [0.25, 0.3) is 5.91 Å². The first-order valence-corrected chi connectivity index (χ1v) is 8.07. The van der Waals surface area contributed by atoms with Crippen molar-refractivity contribution < 1.29 is 14.3 Å². The Morgan fingerprint density at radius 1 is 1.09 bits per heavy atom. The minimum absolute atomic E-state index is 0.106. The van der Waals surface area contributed by atoms with Crippen molar-refractivity contribution in [3.63, 3.8) is 0 Å². The van der Waals surface area contributed by atoms with Crippen LogP contribution in [0.3, 0.4) is 0 Å². The van der Waals surface area contributed by atoms with Crippen molar-refractivity contribution in [2.24, 2.45) is 5.92 Å². The van der Waals surface area contributed by atoms with Crippen molar-refractivity contribution in [1.29, 1.82) is 0 Å². The van der Waals surface area contributed by atoms with Gasteiger partial charge in [-0.2, -0.15) is 0 Å². The number of amides is 1. The van der Waals surface area contributed by atoms with E-state index in [2.05, 4.69) is 6.92 Å². The maximum atomic E-state index is 12.1. The summed E-state index contributed by atoms with van der Waals surface area (Å²) in [6.07, 6.45) is 2.04. The molecular formula is C19H21NO3. The van der Waals surface area contributed by atoms with Gasteiger partial charge in [0.2, 0.25) is 0 Å². The fourth-order valence-electron chi connectivity index (χ4n) is 2.88. The molecule has 0 aromatic heterocycles. The third-order valence-corrected chi connectivity index (χ3v) is 4.45. The summed E-state index contributed by atoms with van der Waals surface area (Å²) in [4.78, 5) is 26.0. The number of likely N-dealkylation sites (tertiary alicyclic amines) is 1. The Morgan fingerprint density at radius 3 is 2.52 bits per heavy atom. The molecule has 1 aliphatic rings. The molecule has 1 aliphatic heterocycles. The Bertz CT molecular complexity index is 717. The van der Waals surface area contributed by atoms with Gasteiger partial charge in [0.05, 0.1) is 5.56 Å². The summed E-state index contributed by atoms with van der Waals surface area (Å²) in [6.45, 7) is 3.53. The monoisotopic (exact) mass is 311 g/mol. The highest BCUT2D eigenvalue weighted by Gasteiger charge is 2.21. The molecule has 4 nitrogen and oxygen atoms in total. The van der Waals surface area contributed by atoms with Gasteiger partial charge in [-0.25, -0.2) is 4.79 Å². The standard InChI is InChI=1S/C19H21NO3/c1-14-8-10-20(11-9-14)18(21)13-23-19(22)17-7-6-15-4-2-3-5-16(15)12-17/h2-7,12,14H,8-11,13H2,1H3. The van der Waals surface area contributed by atoms with E-state index in [1.54, 1.807) is 17.0 Å². The number of piperidine rings is 1. The molecule has 0 bridgehead atoms. The van der Waals surface area contributed by atoms with E-state index in [0.29, 0.717) is 11.5 Å². The molecule has 1 fully saturated rings. The first kappa shape index (κ1) is 15.5. The Hall–Kier alpha value is -2.36. The molecule has 1 heterocycles. The molecule has 1 amide bonds. The van der Waals surface area contributed by atoms with Crippen molar-refractivity contribution in [2.75, 3.05) is 19.7 Å². The summed E-state index contributed by atoms with van der Waals surface area (Å²) in [5, 5.41) is 2.06. The second kappa shape index (κ2) is 6.82. The zero-order chi connectivity index (χ0) is 16.2. The second-order valence-corrected chi connectivity index (χ2v) is 6.20. The van der Waals surface area contributed by atoms with E-state index in [4.69, 9.17) is 4.74 Å². The van der Waals surface area contributed by atoms with Crippen LogP contribution < -0.4 is 0 Å². The van der Waals surface area contributed by atoms with Gasteiger partial charge in [0.15, 0.2) is 6.61 Å². The minimum atomic E-state index is -0.450. The van der Waals surface area contributed by atoms with Gasteiger partial charge in [-0.3, -0.25) is 4.79 Å². The quantitative estimate of drug-likeness (QED) is 0.817. The van der Waals surface area contributed by atoms with Crippen molar-refractivity contribution in [3.05, 3.63) is 48.0 Å². The molecule has 120 valence electrons. The number of hydrogen-bond acceptors (Lipinski definition) is 3. The van der Waals surface area contributed by atoms with E-state index in [1.165, 1.54) is 0 Å². The van der Waals surface area contributed by atoms with Gasteiger partial charge < -0.3 is 9.64 Å². The van der Waals surface area contributed by atoms with E-state index in [1.807, 2.05) is 30.3 Å². The number of rotatable bonds is 3. The van der Waals surface area contributed by atoms with Gasteiger partial charge in [-0.1, -0.05) is 37.3 Å². The minimum Gasteiger partial charge on any atom is -0.452 e. The third kappa shape index (κ3) is 3.70. The maximum absolute atomic E-state index is 12.1. The fraction of sp³-hybridized carbons (Fsp3) is 0.368. The Labute approximate surface area is 136 Å². The Balaban J connectivity index is 1.58. The molecule has 0 atom stereocenters. The predicted molar refractivity (Wildman–Crippen MR) is 89.2 cm³/mol. The number of carbonyl (C=O) groups excluding carboxylic acids is 2. The molecule has 2 aromatic rings. The van der Waals surface area contributed by atoms with Gasteiger partial charge in [0.1, 0.15) is 0 Å². The molecule has 2 aromatic carbocycles. The lowest BCUT2D eigenvalue weighted by Crippen LogP contribution is -2.40. The highest BCUT2D eigenvalue weighted by molar-refractivity contribution is 5.96. The second-order valence-electron chi connectivity index (χ2n) is 6.20. The molecule has 1 saturated heterocycles. The average Bonchev–Trinajstić information content (AvgIpc) is 2.59. The summed E-state index contributed by atoms with van der Waals surface area (Å²) < 4.78 is 5.19. The van der Waals surface area contributed by atoms with E-state index >= 15 is 0 Å². The average molecular weight is 311 g/mol. The summed E-state index contributed by atoms with van der Waals surface area (Å²) in [5.74, 6) is 0.111. The molecular weight excluding hydrogens is 290 g/mol. The van der Waals surface area contributed by atoms with Crippen molar-refractivity contribution in [3.8, 4) is 0 Å². The first-order valence-electron chi connectivity index (χ1n) is 8.07. The number of benzene rings is 2. The van der Waals surface area contributed by atoms with Crippen LogP contribution in [0.5, 0.6) is 0 Å². The number of hydrogen-bond donors (Lipinski definition) is 0. The predicted octanol–water partition coefficient (Wildman–Crippen LogP) is 3.26. The van der Waals surface area contributed by atoms with Gasteiger partial charge in [0, 0.05) is 13.1 Å². The van der Waals surface area contributed by atoms with Gasteiger partial charge >= 0.3 is 5.97 Å². The van der Waals surface area contributed by atoms with Crippen LogP contribution in [0.15, 0.2) is 42.5 Å². The van der Waals surface area contributed by atoms with Crippen molar-refractivity contribution in [2.45, 2.75) is 19.8 Å². The van der Waals surface area contributed by atoms with Crippen LogP contribution in [0.25, 0.3) is 10.8 Å². The third-order valence-electron chi connectivity index (χ3n) is 4.45. The Kier molecular flexibility index (Phi) is 4.60. The van der Waals surface area contributed by atoms with E-state index in [9.17, 15) is 9.59 Å². The zero-order valence-corrected chi connectivity index (χ0v) is 13.3. The normalized spacial score (nSPS) is 15.6. The lowest BCUT2D eigenvalue weighted by Gasteiger charge is -2.30. The molecule has 0 radical (unpaired) electrons. The van der Waals surface area contributed by atoms with E-state index in [-0.39, 0.29) is 12.5 Å². The van der Waals surface area contributed by atoms with Crippen molar-refractivity contribution >= 4 is 22.6 Å². The number of esters is 1. The van der Waals surface area contributed by atoms with Crippen LogP contribution in [-0.2, 0) is 9.53 Å². The molecule has 0 spiro atoms. The molecule has 3 rings (SSSR count). The number of carbonyl (C=O) groups is 2. The fourth-order valence-corrected chi connectivity index (χ4v) is 2.88. The first-order chi connectivity index (χ1) is 11.1. The zero-order valence-electron chi connectivity index (χ0n) is 13.3. The summed E-state index contributed by atoms with van der Waals surface area (Å²) in [7, 11) is 0. The van der Waals surface area contributed by atoms with Crippen LogP contribution in [0.1, 0.15) is 30.1 Å². The lowest BCUT2D eigenvalue weighted by atomic mass is 9.99. The van der Waals surface area contributed by atoms with E-state index in [0.717, 1.165) is 36.7 Å². The van der Waals surface area contributed by atoms with Crippen LogP contribution in [-0.4, -0.2) is 36.5 Å². The lowest BCUT2D eigenvalue weighted by molar-refractivity contribution is -0.135. The van der Waals surface area contributed by atoms with E-state index < -0.39 is 5.97 Å². The molecule has 0 N–H and O–H groups in total. The smallest absolute Gasteiger partial charge is 0.338 e. The SMILES string of the molecule is CC1CCN(C(=O)COC(=O)c2ccc3ccccc3c2)CC1. The molecule has 0 aliphatic carbocycles.